The van der Waals surface area contributed by atoms with Crippen LogP contribution in [0.1, 0.15) is 0 Å². The molecule has 0 unspecified atom stereocenters. The highest BCUT2D eigenvalue weighted by Crippen LogP contribution is 1.67. The molecular formula is H4NO5Si. The second-order valence-electron chi connectivity index (χ2n) is 0.600. The highest BCUT2D eigenvalue weighted by molar-refractivity contribution is 6.46. The van der Waals surface area contributed by atoms with Crippen molar-refractivity contribution < 1.29 is 19.2 Å². The normalized spacial score (nSPS) is 9.14. The molecule has 0 spiro atoms. The minimum absolute atomic E-state index is 4.61. The Kier molecular flexibility index (Phi) is 5.38. The van der Waals surface area contributed by atoms with Crippen molar-refractivity contribution in [1.29, 1.82) is 0 Å². The topological polar surface area (TPSA) is 120 Å². The van der Waals surface area contributed by atoms with E-state index in [4.69, 9.17) is 29.7 Å². The van der Waals surface area contributed by atoms with E-state index in [1.54, 1.807) is 0 Å². The summed E-state index contributed by atoms with van der Waals surface area (Å²) < 4.78 is 0. The highest BCUT2D eigenvalue weighted by atomic mass is 28.4. The molecule has 7 heavy (non-hydrogen) atoms. The number of nitrogens with zero attached hydrogens (tertiary/aromatic N) is 1. The highest BCUT2D eigenvalue weighted by Gasteiger charge is 2.22. The first-order chi connectivity index (χ1) is 3.00. The van der Waals surface area contributed by atoms with E-state index in [0.717, 1.165) is 0 Å². The smallest absolute Gasteiger partial charge is 0.368 e. The molecule has 1 radical (unpaired) electrons. The molecule has 0 aromatic heterocycles. The molecular weight excluding hydrogens is 122 g/mol. The van der Waals surface area contributed by atoms with Gasteiger partial charge >= 0.3 is 9.05 Å². The zero-order valence-corrected chi connectivity index (χ0v) is 4.14. The molecule has 0 saturated carbocycles. The van der Waals surface area contributed by atoms with Crippen molar-refractivity contribution in [1.82, 2.24) is 5.59 Å². The van der Waals surface area contributed by atoms with Gasteiger partial charge in [-0.05, 0) is 0 Å². The second-order valence-corrected chi connectivity index (χ2v) is 1.80. The number of nitroso groups, excluding NO2 is 1. The molecule has 0 aromatic carbocycles. The Morgan fingerprint density at radius 2 is 1.00 bits per heavy atom. The van der Waals surface area contributed by atoms with Crippen LogP contribution in [0.3, 0.4) is 0 Å². The Balaban J connectivity index is 0. The summed E-state index contributed by atoms with van der Waals surface area (Å²) in [5.74, 6) is 0. The molecule has 43 valence electrons. The quantitative estimate of drug-likeness (QED) is 0.257. The molecule has 0 bridgehead atoms. The van der Waals surface area contributed by atoms with Crippen molar-refractivity contribution in [2.24, 2.45) is 0 Å². The average molecular weight is 126 g/mol. The van der Waals surface area contributed by atoms with E-state index in [0.29, 0.717) is 0 Å². The van der Waals surface area contributed by atoms with Crippen LogP contribution >= 0.6 is 0 Å². The summed E-state index contributed by atoms with van der Waals surface area (Å²) in [6.07, 6.45) is 0. The summed E-state index contributed by atoms with van der Waals surface area (Å²) in [5.41, 5.74) is 5.75. The fraction of sp³-hybridized carbons (Fsp3) is 0. The molecule has 4 N–H and O–H groups in total. The van der Waals surface area contributed by atoms with Crippen molar-refractivity contribution in [2.75, 3.05) is 0 Å². The van der Waals surface area contributed by atoms with Crippen LogP contribution in [-0.2, 0) is 0 Å². The Labute approximate surface area is 39.9 Å². The standard InChI is InChI=1S/NO.H4O4Si/c1-2;1-5(2,3)4/h;1-4H. The van der Waals surface area contributed by atoms with Gasteiger partial charge in [-0.2, -0.15) is 0 Å². The van der Waals surface area contributed by atoms with Crippen LogP contribution in [0.15, 0.2) is 0 Å². The summed E-state index contributed by atoms with van der Waals surface area (Å²) >= 11 is 0. The van der Waals surface area contributed by atoms with Gasteiger partial charge in [0.25, 0.3) is 0 Å². The first kappa shape index (κ1) is 9.82. The summed E-state index contributed by atoms with van der Waals surface area (Å²) in [6.45, 7) is 0. The molecule has 0 aliphatic carbocycles. The van der Waals surface area contributed by atoms with Crippen LogP contribution in [0.2, 0.25) is 0 Å². The summed E-state index contributed by atoms with van der Waals surface area (Å²) in [6, 6.07) is 0. The molecule has 0 aliphatic rings. The van der Waals surface area contributed by atoms with Crippen LogP contribution in [0.5, 0.6) is 0 Å². The zero-order chi connectivity index (χ0) is 6.50. The van der Waals surface area contributed by atoms with Crippen molar-refractivity contribution in [3.05, 3.63) is 4.91 Å². The fourth-order valence-corrected chi connectivity index (χ4v) is 0. The SMILES string of the molecule is O[Si](O)(O)O.[N]=O. The molecule has 7 heteroatoms. The van der Waals surface area contributed by atoms with Crippen molar-refractivity contribution >= 4 is 9.05 Å². The third-order valence-corrected chi connectivity index (χ3v) is 0. The maximum absolute atomic E-state index is 7.33. The van der Waals surface area contributed by atoms with Crippen LogP contribution in [-0.4, -0.2) is 28.2 Å². The van der Waals surface area contributed by atoms with Crippen molar-refractivity contribution in [3.8, 4) is 0 Å². The number of rotatable bonds is 0. The van der Waals surface area contributed by atoms with E-state index in [1.165, 1.54) is 0 Å². The van der Waals surface area contributed by atoms with Gasteiger partial charge in [0.2, 0.25) is 0 Å². The Hall–Kier alpha value is -0.343. The van der Waals surface area contributed by atoms with Gasteiger partial charge in [0.15, 0.2) is 0 Å². The van der Waals surface area contributed by atoms with E-state index >= 15 is 0 Å². The van der Waals surface area contributed by atoms with Gasteiger partial charge in [0.05, 0.1) is 0 Å². The van der Waals surface area contributed by atoms with Gasteiger partial charge in [-0.25, -0.2) is 0 Å². The van der Waals surface area contributed by atoms with E-state index in [9.17, 15) is 0 Å². The van der Waals surface area contributed by atoms with E-state index < -0.39 is 9.05 Å². The Morgan fingerprint density at radius 3 is 1.00 bits per heavy atom. The molecule has 0 saturated heterocycles. The van der Waals surface area contributed by atoms with Crippen LogP contribution in [0.4, 0.5) is 0 Å². The minimum atomic E-state index is -4.61. The first-order valence-electron chi connectivity index (χ1n) is 1.08. The molecule has 0 fully saturated rings. The summed E-state index contributed by atoms with van der Waals surface area (Å²) in [5, 5.41) is 0. The van der Waals surface area contributed by atoms with Gasteiger partial charge in [-0.1, -0.05) is 0 Å². The molecule has 0 amide bonds. The first-order valence-corrected chi connectivity index (χ1v) is 2.87. The van der Waals surface area contributed by atoms with Crippen molar-refractivity contribution in [3.63, 3.8) is 0 Å². The maximum atomic E-state index is 7.33. The molecule has 0 aliphatic heterocycles. The van der Waals surface area contributed by atoms with Crippen LogP contribution in [0.25, 0.3) is 0 Å². The van der Waals surface area contributed by atoms with Gasteiger partial charge in [0, 0.05) is 0 Å². The van der Waals surface area contributed by atoms with E-state index in [2.05, 4.69) is 0 Å². The average Bonchev–Trinajstić information content (AvgIpc) is 1.36. The van der Waals surface area contributed by atoms with Gasteiger partial charge in [-0.3, -0.25) is 0 Å². The predicted molar refractivity (Wildman–Crippen MR) is 20.1 cm³/mol. The third-order valence-electron chi connectivity index (χ3n) is 0. The molecule has 0 atom stereocenters. The van der Waals surface area contributed by atoms with Crippen LogP contribution in [0, 0.1) is 4.91 Å². The lowest BCUT2D eigenvalue weighted by atomic mass is 13.8. The van der Waals surface area contributed by atoms with E-state index in [-0.39, 0.29) is 0 Å². The Morgan fingerprint density at radius 1 is 1.00 bits per heavy atom. The second kappa shape index (κ2) is 3.83. The fourth-order valence-electron chi connectivity index (χ4n) is 0. The van der Waals surface area contributed by atoms with E-state index in [1.807, 2.05) is 0 Å². The Bertz CT molecular complexity index is 31.8. The number of hydrogen-bond acceptors (Lipinski definition) is 5. The monoisotopic (exact) mass is 126 g/mol. The lowest BCUT2D eigenvalue weighted by Gasteiger charge is -1.91. The molecule has 0 aromatic rings. The zero-order valence-electron chi connectivity index (χ0n) is 3.14. The maximum Gasteiger partial charge on any atom is 0.668 e. The lowest BCUT2D eigenvalue weighted by molar-refractivity contribution is 0.117. The molecule has 0 heterocycles. The molecule has 0 rings (SSSR count). The predicted octanol–water partition coefficient (Wildman–Crippen LogP) is -3.06. The van der Waals surface area contributed by atoms with Gasteiger partial charge in [0.1, 0.15) is 5.59 Å². The summed E-state index contributed by atoms with van der Waals surface area (Å²) in [7, 11) is -4.61. The van der Waals surface area contributed by atoms with Gasteiger partial charge in [-0.15, -0.1) is 4.91 Å². The third kappa shape index (κ3) is 643. The largest absolute Gasteiger partial charge is 0.668 e. The lowest BCUT2D eigenvalue weighted by Crippen LogP contribution is -2.33. The van der Waals surface area contributed by atoms with Gasteiger partial charge < -0.3 is 19.2 Å². The molecule has 6 nitrogen and oxygen atoms in total. The number of hydrogen-bond donors (Lipinski definition) is 4. The minimum Gasteiger partial charge on any atom is -0.368 e. The van der Waals surface area contributed by atoms with Crippen molar-refractivity contribution in [2.45, 2.75) is 0 Å². The van der Waals surface area contributed by atoms with Crippen LogP contribution < -0.4 is 5.59 Å². The summed E-state index contributed by atoms with van der Waals surface area (Å²) in [4.78, 5) is 36.6.